The number of benzene rings is 2. The van der Waals surface area contributed by atoms with Crippen LogP contribution in [-0.4, -0.2) is 52.0 Å². The second-order valence-corrected chi connectivity index (χ2v) is 7.30. The number of primary amides is 1. The summed E-state index contributed by atoms with van der Waals surface area (Å²) in [4.78, 5) is 48.2. The van der Waals surface area contributed by atoms with E-state index in [0.717, 1.165) is 0 Å². The minimum Gasteiger partial charge on any atom is -0.508 e. The Kier molecular flexibility index (Phi) is 8.72. The number of amides is 3. The monoisotopic (exact) mass is 442 g/mol. The number of carboxylic acids is 1. The van der Waals surface area contributed by atoms with E-state index in [-0.39, 0.29) is 18.6 Å². The van der Waals surface area contributed by atoms with Crippen molar-refractivity contribution in [3.63, 3.8) is 0 Å². The highest BCUT2D eigenvalue weighted by Gasteiger charge is 2.29. The van der Waals surface area contributed by atoms with E-state index in [1.54, 1.807) is 42.5 Å². The van der Waals surface area contributed by atoms with Gasteiger partial charge in [0.15, 0.2) is 0 Å². The molecular formula is C22H26N4O6. The molecule has 170 valence electrons. The number of carbonyl (C=O) groups is 4. The largest absolute Gasteiger partial charge is 0.508 e. The lowest BCUT2D eigenvalue weighted by molar-refractivity contribution is -0.142. The van der Waals surface area contributed by atoms with E-state index in [0.29, 0.717) is 11.1 Å². The fourth-order valence-corrected chi connectivity index (χ4v) is 2.99. The molecule has 3 unspecified atom stereocenters. The lowest BCUT2D eigenvalue weighted by atomic mass is 10.0. The smallest absolute Gasteiger partial charge is 0.326 e. The van der Waals surface area contributed by atoms with Crippen LogP contribution in [0.1, 0.15) is 17.5 Å². The number of nitrogens with two attached hydrogens (primary N) is 2. The van der Waals surface area contributed by atoms with E-state index >= 15 is 0 Å². The molecule has 2 rings (SSSR count). The Labute approximate surface area is 184 Å². The van der Waals surface area contributed by atoms with Gasteiger partial charge in [0.25, 0.3) is 0 Å². The van der Waals surface area contributed by atoms with Gasteiger partial charge in [0.05, 0.1) is 12.5 Å². The summed E-state index contributed by atoms with van der Waals surface area (Å²) in [5.74, 6) is -3.64. The van der Waals surface area contributed by atoms with Crippen molar-refractivity contribution in [2.24, 2.45) is 11.5 Å². The molecule has 0 aliphatic rings. The number of aromatic hydroxyl groups is 1. The molecule has 0 aromatic heterocycles. The SMILES string of the molecule is NC(=O)CC(NC(=O)C(N)Cc1ccc(O)cc1)C(=O)NC(Cc1ccccc1)C(=O)O. The quantitative estimate of drug-likeness (QED) is 0.269. The summed E-state index contributed by atoms with van der Waals surface area (Å²) >= 11 is 0. The van der Waals surface area contributed by atoms with E-state index in [4.69, 9.17) is 11.5 Å². The first-order valence-corrected chi connectivity index (χ1v) is 9.85. The molecule has 3 atom stereocenters. The lowest BCUT2D eigenvalue weighted by Gasteiger charge is -2.22. The number of aliphatic carboxylic acids is 1. The highest BCUT2D eigenvalue weighted by atomic mass is 16.4. The molecule has 0 radical (unpaired) electrons. The van der Waals surface area contributed by atoms with Crippen molar-refractivity contribution in [1.82, 2.24) is 10.6 Å². The summed E-state index contributed by atoms with van der Waals surface area (Å²) in [6.45, 7) is 0. The first-order chi connectivity index (χ1) is 15.2. The predicted octanol–water partition coefficient (Wildman–Crippen LogP) is -0.566. The first kappa shape index (κ1) is 24.4. The van der Waals surface area contributed by atoms with Gasteiger partial charge in [-0.15, -0.1) is 0 Å². The van der Waals surface area contributed by atoms with Crippen molar-refractivity contribution in [2.45, 2.75) is 37.4 Å². The van der Waals surface area contributed by atoms with Crippen LogP contribution >= 0.6 is 0 Å². The first-order valence-electron chi connectivity index (χ1n) is 9.85. The predicted molar refractivity (Wildman–Crippen MR) is 115 cm³/mol. The molecule has 32 heavy (non-hydrogen) atoms. The summed E-state index contributed by atoms with van der Waals surface area (Å²) in [5, 5.41) is 23.5. The number of rotatable bonds is 11. The fourth-order valence-electron chi connectivity index (χ4n) is 2.99. The van der Waals surface area contributed by atoms with Gasteiger partial charge in [0.2, 0.25) is 17.7 Å². The molecule has 0 aliphatic carbocycles. The molecule has 8 N–H and O–H groups in total. The van der Waals surface area contributed by atoms with Crippen LogP contribution in [0.2, 0.25) is 0 Å². The number of phenolic OH excluding ortho intramolecular Hbond substituents is 1. The third-order valence-electron chi connectivity index (χ3n) is 4.66. The molecular weight excluding hydrogens is 416 g/mol. The van der Waals surface area contributed by atoms with Crippen molar-refractivity contribution in [1.29, 1.82) is 0 Å². The van der Waals surface area contributed by atoms with Gasteiger partial charge >= 0.3 is 5.97 Å². The standard InChI is InChI=1S/C22H26N4O6/c23-16(10-14-6-8-15(27)9-7-14)20(29)25-17(12-19(24)28)21(30)26-18(22(31)32)11-13-4-2-1-3-5-13/h1-9,16-18,27H,10-12,23H2,(H2,24,28)(H,25,29)(H,26,30)(H,31,32). The van der Waals surface area contributed by atoms with Crippen molar-refractivity contribution in [2.75, 3.05) is 0 Å². The van der Waals surface area contributed by atoms with Crippen LogP contribution in [0.5, 0.6) is 5.75 Å². The molecule has 0 aliphatic heterocycles. The van der Waals surface area contributed by atoms with Crippen molar-refractivity contribution >= 4 is 23.7 Å². The Morgan fingerprint density at radius 3 is 1.94 bits per heavy atom. The Bertz CT molecular complexity index is 949. The molecule has 2 aromatic carbocycles. The molecule has 3 amide bonds. The minimum atomic E-state index is -1.39. The maximum atomic E-state index is 12.7. The summed E-state index contributed by atoms with van der Waals surface area (Å²) in [6.07, 6.45) is -0.399. The zero-order valence-electron chi connectivity index (χ0n) is 17.2. The van der Waals surface area contributed by atoms with E-state index in [2.05, 4.69) is 10.6 Å². The van der Waals surface area contributed by atoms with Crippen LogP contribution in [0.25, 0.3) is 0 Å². The van der Waals surface area contributed by atoms with Crippen molar-refractivity contribution in [3.05, 3.63) is 65.7 Å². The van der Waals surface area contributed by atoms with E-state index in [1.165, 1.54) is 12.1 Å². The van der Waals surface area contributed by atoms with Crippen LogP contribution in [0.15, 0.2) is 54.6 Å². The topological polar surface area (TPSA) is 185 Å². The molecule has 2 aromatic rings. The third kappa shape index (κ3) is 7.73. The third-order valence-corrected chi connectivity index (χ3v) is 4.66. The fraction of sp³-hybridized carbons (Fsp3) is 0.273. The van der Waals surface area contributed by atoms with Crippen LogP contribution in [0, 0.1) is 0 Å². The Morgan fingerprint density at radius 1 is 0.812 bits per heavy atom. The Balaban J connectivity index is 2.05. The number of carboxylic acid groups (broad SMARTS) is 1. The number of hydrogen-bond acceptors (Lipinski definition) is 6. The average molecular weight is 442 g/mol. The highest BCUT2D eigenvalue weighted by Crippen LogP contribution is 2.11. The number of hydrogen-bond donors (Lipinski definition) is 6. The van der Waals surface area contributed by atoms with Crippen LogP contribution in [0.4, 0.5) is 0 Å². The minimum absolute atomic E-state index is 0.0134. The van der Waals surface area contributed by atoms with E-state index < -0.39 is 48.2 Å². The van der Waals surface area contributed by atoms with Gasteiger partial charge in [-0.05, 0) is 29.7 Å². The number of carbonyl (C=O) groups excluding carboxylic acids is 3. The van der Waals surface area contributed by atoms with Gasteiger partial charge < -0.3 is 32.3 Å². The number of phenols is 1. The van der Waals surface area contributed by atoms with Crippen molar-refractivity contribution < 1.29 is 29.4 Å². The zero-order chi connectivity index (χ0) is 23.7. The molecule has 0 heterocycles. The Hall–Kier alpha value is -3.92. The zero-order valence-corrected chi connectivity index (χ0v) is 17.2. The molecule has 10 nitrogen and oxygen atoms in total. The van der Waals surface area contributed by atoms with E-state index in [1.807, 2.05) is 0 Å². The van der Waals surface area contributed by atoms with Gasteiger partial charge in [-0.1, -0.05) is 42.5 Å². The van der Waals surface area contributed by atoms with Crippen LogP contribution in [-0.2, 0) is 32.0 Å². The van der Waals surface area contributed by atoms with Gasteiger partial charge in [-0.3, -0.25) is 14.4 Å². The summed E-state index contributed by atoms with van der Waals surface area (Å²) in [7, 11) is 0. The van der Waals surface area contributed by atoms with E-state index in [9.17, 15) is 29.4 Å². The normalized spacial score (nSPS) is 13.4. The molecule has 0 spiro atoms. The van der Waals surface area contributed by atoms with Crippen LogP contribution < -0.4 is 22.1 Å². The van der Waals surface area contributed by atoms with Crippen LogP contribution in [0.3, 0.4) is 0 Å². The summed E-state index contributed by atoms with van der Waals surface area (Å²) in [6, 6.07) is 11.0. The summed E-state index contributed by atoms with van der Waals surface area (Å²) in [5.41, 5.74) is 12.5. The second kappa shape index (κ2) is 11.5. The molecule has 10 heteroatoms. The van der Waals surface area contributed by atoms with Gasteiger partial charge in [-0.2, -0.15) is 0 Å². The maximum Gasteiger partial charge on any atom is 0.326 e. The Morgan fingerprint density at radius 2 is 1.38 bits per heavy atom. The second-order valence-electron chi connectivity index (χ2n) is 7.30. The lowest BCUT2D eigenvalue weighted by Crippen LogP contribution is -2.56. The molecule has 0 saturated heterocycles. The molecule has 0 bridgehead atoms. The van der Waals surface area contributed by atoms with Gasteiger partial charge in [-0.25, -0.2) is 4.79 Å². The maximum absolute atomic E-state index is 12.7. The highest BCUT2D eigenvalue weighted by molar-refractivity contribution is 5.94. The molecule has 0 fully saturated rings. The van der Waals surface area contributed by atoms with Gasteiger partial charge in [0, 0.05) is 6.42 Å². The molecule has 0 saturated carbocycles. The van der Waals surface area contributed by atoms with Crippen molar-refractivity contribution in [3.8, 4) is 5.75 Å². The average Bonchev–Trinajstić information content (AvgIpc) is 2.74. The van der Waals surface area contributed by atoms with Gasteiger partial charge in [0.1, 0.15) is 17.8 Å². The summed E-state index contributed by atoms with van der Waals surface area (Å²) < 4.78 is 0. The number of nitrogens with one attached hydrogen (secondary N) is 2.